The van der Waals surface area contributed by atoms with E-state index in [1.54, 1.807) is 7.11 Å². The molecule has 5 heteroatoms. The number of aromatic nitrogens is 2. The molecule has 0 aliphatic heterocycles. The lowest BCUT2D eigenvalue weighted by Gasteiger charge is -2.17. The van der Waals surface area contributed by atoms with Crippen molar-refractivity contribution >= 4 is 11.6 Å². The van der Waals surface area contributed by atoms with Gasteiger partial charge in [-0.05, 0) is 36.5 Å². The van der Waals surface area contributed by atoms with Gasteiger partial charge in [-0.15, -0.1) is 0 Å². The van der Waals surface area contributed by atoms with Crippen molar-refractivity contribution in [2.24, 2.45) is 5.92 Å². The number of hydrogen-bond acceptors (Lipinski definition) is 3. The second-order valence-corrected chi connectivity index (χ2v) is 7.62. The molecule has 2 N–H and O–H groups in total. The topological polar surface area (TPSA) is 67.0 Å². The maximum Gasteiger partial charge on any atom is 0.232 e. The van der Waals surface area contributed by atoms with Crippen LogP contribution < -0.4 is 10.1 Å². The molecule has 2 aromatic carbocycles. The molecule has 0 saturated heterocycles. The molecule has 3 aromatic rings. The highest BCUT2D eigenvalue weighted by molar-refractivity contribution is 5.99. The van der Waals surface area contributed by atoms with E-state index in [-0.39, 0.29) is 11.8 Å². The first kappa shape index (κ1) is 20.6. The van der Waals surface area contributed by atoms with Gasteiger partial charge in [0.1, 0.15) is 11.4 Å². The molecule has 0 aliphatic carbocycles. The van der Waals surface area contributed by atoms with Crippen LogP contribution in [0.3, 0.4) is 0 Å². The second-order valence-electron chi connectivity index (χ2n) is 7.62. The Morgan fingerprint density at radius 3 is 2.55 bits per heavy atom. The molecule has 0 aliphatic rings. The van der Waals surface area contributed by atoms with Crippen molar-refractivity contribution in [2.45, 2.75) is 39.5 Å². The quantitative estimate of drug-likeness (QED) is 0.539. The zero-order valence-corrected chi connectivity index (χ0v) is 17.5. The molecular formula is C24H29N3O2. The van der Waals surface area contributed by atoms with Crippen molar-refractivity contribution in [3.63, 3.8) is 0 Å². The third-order valence-corrected chi connectivity index (χ3v) is 4.97. The van der Waals surface area contributed by atoms with Gasteiger partial charge in [0.15, 0.2) is 0 Å². The average molecular weight is 392 g/mol. The Labute approximate surface area is 172 Å². The predicted molar refractivity (Wildman–Crippen MR) is 117 cm³/mol. The van der Waals surface area contributed by atoms with Crippen molar-refractivity contribution < 1.29 is 9.53 Å². The van der Waals surface area contributed by atoms with Gasteiger partial charge in [0.2, 0.25) is 5.91 Å². The van der Waals surface area contributed by atoms with Gasteiger partial charge in [-0.3, -0.25) is 9.89 Å². The summed E-state index contributed by atoms with van der Waals surface area (Å²) in [5, 5.41) is 10.8. The van der Waals surface area contributed by atoms with Crippen molar-refractivity contribution in [1.82, 2.24) is 10.2 Å². The molecule has 0 spiro atoms. The molecule has 1 atom stereocenters. The van der Waals surface area contributed by atoms with Gasteiger partial charge in [0.25, 0.3) is 0 Å². The van der Waals surface area contributed by atoms with E-state index in [1.807, 2.05) is 61.5 Å². The fourth-order valence-electron chi connectivity index (χ4n) is 3.52. The lowest BCUT2D eigenvalue weighted by atomic mass is 9.95. The molecule has 29 heavy (non-hydrogen) atoms. The van der Waals surface area contributed by atoms with E-state index in [4.69, 9.17) is 4.74 Å². The number of aromatic amines is 1. The highest BCUT2D eigenvalue weighted by atomic mass is 16.5. The van der Waals surface area contributed by atoms with Gasteiger partial charge in [0.05, 0.1) is 24.4 Å². The van der Waals surface area contributed by atoms with Gasteiger partial charge in [0, 0.05) is 5.56 Å². The van der Waals surface area contributed by atoms with Crippen LogP contribution in [0.5, 0.6) is 5.75 Å². The van der Waals surface area contributed by atoms with Crippen molar-refractivity contribution in [3.05, 3.63) is 65.9 Å². The minimum Gasteiger partial charge on any atom is -0.497 e. The van der Waals surface area contributed by atoms with Crippen LogP contribution in [-0.4, -0.2) is 23.2 Å². The highest BCUT2D eigenvalue weighted by Crippen LogP contribution is 2.33. The van der Waals surface area contributed by atoms with Gasteiger partial charge >= 0.3 is 0 Å². The van der Waals surface area contributed by atoms with Crippen LogP contribution in [0.1, 0.15) is 44.4 Å². The second kappa shape index (κ2) is 9.41. The first-order valence-electron chi connectivity index (χ1n) is 10.1. The van der Waals surface area contributed by atoms with E-state index in [9.17, 15) is 4.79 Å². The number of amides is 1. The molecule has 0 fully saturated rings. The molecule has 5 nitrogen and oxygen atoms in total. The van der Waals surface area contributed by atoms with Crippen LogP contribution >= 0.6 is 0 Å². The smallest absolute Gasteiger partial charge is 0.232 e. The van der Waals surface area contributed by atoms with Crippen molar-refractivity contribution in [1.29, 1.82) is 0 Å². The zero-order chi connectivity index (χ0) is 20.8. The first-order valence-corrected chi connectivity index (χ1v) is 10.1. The number of methoxy groups -OCH3 is 1. The van der Waals surface area contributed by atoms with Gasteiger partial charge in [-0.1, -0.05) is 63.2 Å². The van der Waals surface area contributed by atoms with Gasteiger partial charge in [-0.2, -0.15) is 5.10 Å². The summed E-state index contributed by atoms with van der Waals surface area (Å²) in [5.41, 5.74) is 4.35. The summed E-state index contributed by atoms with van der Waals surface area (Å²) < 4.78 is 5.36. The first-order chi connectivity index (χ1) is 14.0. The monoisotopic (exact) mass is 391 g/mol. The molecule has 1 amide bonds. The number of benzene rings is 2. The summed E-state index contributed by atoms with van der Waals surface area (Å²) in [6, 6.07) is 17.6. The lowest BCUT2D eigenvalue weighted by molar-refractivity contribution is -0.117. The SMILES string of the molecule is CC[C@H](C(=O)Nc1c(-c2cccc(OC)c2)n[nH]c1CC(C)C)c1ccccc1. The molecule has 3 rings (SSSR count). The molecule has 0 bridgehead atoms. The fourth-order valence-corrected chi connectivity index (χ4v) is 3.52. The molecule has 1 aromatic heterocycles. The lowest BCUT2D eigenvalue weighted by Crippen LogP contribution is -2.21. The number of H-pyrrole nitrogens is 1. The van der Waals surface area contributed by atoms with Crippen LogP contribution in [0.25, 0.3) is 11.3 Å². The molecular weight excluding hydrogens is 362 g/mol. The average Bonchev–Trinajstić information content (AvgIpc) is 3.11. The summed E-state index contributed by atoms with van der Waals surface area (Å²) in [6.07, 6.45) is 1.52. The van der Waals surface area contributed by atoms with E-state index < -0.39 is 0 Å². The maximum atomic E-state index is 13.2. The van der Waals surface area contributed by atoms with Gasteiger partial charge < -0.3 is 10.1 Å². The van der Waals surface area contributed by atoms with Crippen LogP contribution in [0, 0.1) is 5.92 Å². The number of carbonyl (C=O) groups excluding carboxylic acids is 1. The summed E-state index contributed by atoms with van der Waals surface area (Å²) in [7, 11) is 1.64. The highest BCUT2D eigenvalue weighted by Gasteiger charge is 2.23. The summed E-state index contributed by atoms with van der Waals surface area (Å²) in [4.78, 5) is 13.2. The Balaban J connectivity index is 1.97. The predicted octanol–water partition coefficient (Wildman–Crippen LogP) is 5.42. The third-order valence-electron chi connectivity index (χ3n) is 4.97. The number of nitrogens with one attached hydrogen (secondary N) is 2. The summed E-state index contributed by atoms with van der Waals surface area (Å²) in [5.74, 6) is 0.953. The van der Waals surface area contributed by atoms with Crippen LogP contribution in [0.2, 0.25) is 0 Å². The molecule has 0 unspecified atom stereocenters. The van der Waals surface area contributed by atoms with E-state index in [0.717, 1.165) is 46.8 Å². The number of carbonyl (C=O) groups is 1. The molecule has 0 saturated carbocycles. The standard InChI is InChI=1S/C24H29N3O2/c1-5-20(17-10-7-6-8-11-17)24(28)25-23-21(14-16(2)3)26-27-22(23)18-12-9-13-19(15-18)29-4/h6-13,15-16,20H,5,14H2,1-4H3,(H,25,28)(H,26,27)/t20-/m0/s1. The maximum absolute atomic E-state index is 13.2. The Morgan fingerprint density at radius 1 is 1.14 bits per heavy atom. The van der Waals surface area contributed by atoms with E-state index in [0.29, 0.717) is 5.92 Å². The molecule has 0 radical (unpaired) electrons. The minimum atomic E-state index is -0.212. The third kappa shape index (κ3) is 4.86. The number of rotatable bonds is 8. The van der Waals surface area contributed by atoms with E-state index in [2.05, 4.69) is 29.4 Å². The normalized spacial score (nSPS) is 12.0. The van der Waals surface area contributed by atoms with Crippen LogP contribution in [0.15, 0.2) is 54.6 Å². The minimum absolute atomic E-state index is 0.0192. The molecule has 1 heterocycles. The zero-order valence-electron chi connectivity index (χ0n) is 17.5. The Morgan fingerprint density at radius 2 is 1.90 bits per heavy atom. The van der Waals surface area contributed by atoms with Crippen molar-refractivity contribution in [3.8, 4) is 17.0 Å². The van der Waals surface area contributed by atoms with Gasteiger partial charge in [-0.25, -0.2) is 0 Å². The number of ether oxygens (including phenoxy) is 1. The molecule has 152 valence electrons. The Hall–Kier alpha value is -3.08. The largest absolute Gasteiger partial charge is 0.497 e. The summed E-state index contributed by atoms with van der Waals surface area (Å²) >= 11 is 0. The van der Waals surface area contributed by atoms with Crippen molar-refractivity contribution in [2.75, 3.05) is 12.4 Å². The number of anilines is 1. The fraction of sp³-hybridized carbons (Fsp3) is 0.333. The Bertz CT molecular complexity index is 948. The number of nitrogens with zero attached hydrogens (tertiary/aromatic N) is 1. The van der Waals surface area contributed by atoms with Crippen LogP contribution in [0.4, 0.5) is 5.69 Å². The van der Waals surface area contributed by atoms with E-state index >= 15 is 0 Å². The van der Waals surface area contributed by atoms with E-state index in [1.165, 1.54) is 0 Å². The Kier molecular flexibility index (Phi) is 6.70. The number of hydrogen-bond donors (Lipinski definition) is 2. The van der Waals surface area contributed by atoms with Crippen LogP contribution in [-0.2, 0) is 11.2 Å². The summed E-state index contributed by atoms with van der Waals surface area (Å²) in [6.45, 7) is 6.33.